The summed E-state index contributed by atoms with van der Waals surface area (Å²) >= 11 is 0. The lowest BCUT2D eigenvalue weighted by Gasteiger charge is -2.18. The molecule has 1 aromatic carbocycles. The third-order valence-corrected chi connectivity index (χ3v) is 2.92. The molecule has 0 aromatic heterocycles. The summed E-state index contributed by atoms with van der Waals surface area (Å²) in [4.78, 5) is 25.0. The first-order valence-corrected chi connectivity index (χ1v) is 6.51. The van der Waals surface area contributed by atoms with Crippen LogP contribution in [0.3, 0.4) is 0 Å². The van der Waals surface area contributed by atoms with E-state index in [0.29, 0.717) is 18.0 Å². The zero-order valence-corrected chi connectivity index (χ0v) is 11.7. The van der Waals surface area contributed by atoms with Crippen molar-refractivity contribution in [2.75, 3.05) is 39.1 Å². The molecule has 0 saturated heterocycles. The molecule has 6 nitrogen and oxygen atoms in total. The Kier molecular flexibility index (Phi) is 4.57. The predicted octanol–water partition coefficient (Wildman–Crippen LogP) is 0.238. The fourth-order valence-electron chi connectivity index (χ4n) is 1.91. The lowest BCUT2D eigenvalue weighted by atomic mass is 10.1. The maximum atomic E-state index is 11.8. The second-order valence-corrected chi connectivity index (χ2v) is 5.00. The van der Waals surface area contributed by atoms with E-state index in [9.17, 15) is 9.59 Å². The molecular formula is C14H19N3O3. The summed E-state index contributed by atoms with van der Waals surface area (Å²) in [5, 5.41) is 5.58. The highest BCUT2D eigenvalue weighted by molar-refractivity contribution is 5.95. The molecule has 0 saturated carbocycles. The van der Waals surface area contributed by atoms with Crippen LogP contribution in [-0.2, 0) is 16.0 Å². The van der Waals surface area contributed by atoms with E-state index in [4.69, 9.17) is 4.74 Å². The lowest BCUT2D eigenvalue weighted by molar-refractivity contribution is -0.120. The molecule has 2 rings (SSSR count). The number of benzene rings is 1. The van der Waals surface area contributed by atoms with Crippen LogP contribution in [0.25, 0.3) is 0 Å². The topological polar surface area (TPSA) is 70.7 Å². The standard InChI is InChI=1S/C14H19N3O3/c1-17(2)6-5-15-13(18)8-10-3-4-12-11(7-10)16-14(19)9-20-12/h3-4,7H,5-6,8-9H2,1-2H3,(H,15,18)(H,16,19). The number of fused-ring (bicyclic) bond motifs is 1. The molecule has 0 unspecified atom stereocenters. The number of ether oxygens (including phenoxy) is 1. The Morgan fingerprint density at radius 1 is 1.45 bits per heavy atom. The molecule has 20 heavy (non-hydrogen) atoms. The van der Waals surface area contributed by atoms with Gasteiger partial charge in [0.15, 0.2) is 6.61 Å². The summed E-state index contributed by atoms with van der Waals surface area (Å²) in [5.74, 6) is 0.432. The molecule has 0 aliphatic carbocycles. The fourth-order valence-corrected chi connectivity index (χ4v) is 1.91. The van der Waals surface area contributed by atoms with Crippen LogP contribution in [0.4, 0.5) is 5.69 Å². The molecule has 1 aromatic rings. The number of amides is 2. The average Bonchev–Trinajstić information content (AvgIpc) is 2.37. The van der Waals surface area contributed by atoms with Gasteiger partial charge < -0.3 is 20.3 Å². The van der Waals surface area contributed by atoms with Gasteiger partial charge in [0, 0.05) is 13.1 Å². The van der Waals surface area contributed by atoms with Crippen LogP contribution in [0.5, 0.6) is 5.75 Å². The fraction of sp³-hybridized carbons (Fsp3) is 0.429. The van der Waals surface area contributed by atoms with Crippen molar-refractivity contribution in [1.29, 1.82) is 0 Å². The molecule has 2 N–H and O–H groups in total. The Morgan fingerprint density at radius 2 is 2.25 bits per heavy atom. The molecule has 0 atom stereocenters. The zero-order chi connectivity index (χ0) is 14.5. The molecular weight excluding hydrogens is 258 g/mol. The third-order valence-electron chi connectivity index (χ3n) is 2.92. The van der Waals surface area contributed by atoms with Gasteiger partial charge in [0.05, 0.1) is 12.1 Å². The molecule has 0 fully saturated rings. The van der Waals surface area contributed by atoms with Gasteiger partial charge in [0.2, 0.25) is 5.91 Å². The summed E-state index contributed by atoms with van der Waals surface area (Å²) in [5.41, 5.74) is 1.47. The second kappa shape index (κ2) is 6.38. The first-order valence-electron chi connectivity index (χ1n) is 6.51. The van der Waals surface area contributed by atoms with Gasteiger partial charge in [0.25, 0.3) is 5.91 Å². The van der Waals surface area contributed by atoms with Gasteiger partial charge in [-0.15, -0.1) is 0 Å². The molecule has 6 heteroatoms. The van der Waals surface area contributed by atoms with E-state index in [1.54, 1.807) is 12.1 Å². The maximum Gasteiger partial charge on any atom is 0.262 e. The number of likely N-dealkylation sites (N-methyl/N-ethyl adjacent to an activating group) is 1. The van der Waals surface area contributed by atoms with Crippen LogP contribution >= 0.6 is 0 Å². The van der Waals surface area contributed by atoms with Crippen molar-refractivity contribution in [3.63, 3.8) is 0 Å². The second-order valence-electron chi connectivity index (χ2n) is 5.00. The van der Waals surface area contributed by atoms with E-state index in [-0.39, 0.29) is 24.8 Å². The molecule has 108 valence electrons. The van der Waals surface area contributed by atoms with Crippen molar-refractivity contribution in [3.8, 4) is 5.75 Å². The first-order chi connectivity index (χ1) is 9.54. The van der Waals surface area contributed by atoms with Crippen LogP contribution in [-0.4, -0.2) is 50.5 Å². The van der Waals surface area contributed by atoms with Crippen LogP contribution in [0.15, 0.2) is 18.2 Å². The van der Waals surface area contributed by atoms with Gasteiger partial charge in [-0.25, -0.2) is 0 Å². The van der Waals surface area contributed by atoms with E-state index in [1.165, 1.54) is 0 Å². The minimum atomic E-state index is -0.176. The lowest BCUT2D eigenvalue weighted by Crippen LogP contribution is -2.32. The molecule has 0 bridgehead atoms. The minimum Gasteiger partial charge on any atom is -0.482 e. The van der Waals surface area contributed by atoms with Gasteiger partial charge in [0.1, 0.15) is 5.75 Å². The van der Waals surface area contributed by atoms with Gasteiger partial charge in [-0.05, 0) is 31.8 Å². The third kappa shape index (κ3) is 3.96. The number of rotatable bonds is 5. The van der Waals surface area contributed by atoms with Crippen molar-refractivity contribution in [1.82, 2.24) is 10.2 Å². The summed E-state index contributed by atoms with van der Waals surface area (Å²) in [7, 11) is 3.91. The molecule has 2 amide bonds. The molecule has 1 aliphatic heterocycles. The normalized spacial score (nSPS) is 13.4. The van der Waals surface area contributed by atoms with Crippen LogP contribution < -0.4 is 15.4 Å². The van der Waals surface area contributed by atoms with Crippen molar-refractivity contribution in [2.24, 2.45) is 0 Å². The van der Waals surface area contributed by atoms with Crippen molar-refractivity contribution in [2.45, 2.75) is 6.42 Å². The van der Waals surface area contributed by atoms with E-state index in [0.717, 1.165) is 12.1 Å². The van der Waals surface area contributed by atoms with Crippen LogP contribution in [0.1, 0.15) is 5.56 Å². The van der Waals surface area contributed by atoms with Crippen LogP contribution in [0.2, 0.25) is 0 Å². The van der Waals surface area contributed by atoms with E-state index < -0.39 is 0 Å². The average molecular weight is 277 g/mol. The Bertz CT molecular complexity index is 514. The Balaban J connectivity index is 1.91. The van der Waals surface area contributed by atoms with Crippen molar-refractivity contribution in [3.05, 3.63) is 23.8 Å². The Hall–Kier alpha value is -2.08. The predicted molar refractivity (Wildman–Crippen MR) is 75.8 cm³/mol. The van der Waals surface area contributed by atoms with Gasteiger partial charge in [-0.1, -0.05) is 6.07 Å². The molecule has 1 aliphatic rings. The summed E-state index contributed by atoms with van der Waals surface area (Å²) in [6, 6.07) is 5.39. The summed E-state index contributed by atoms with van der Waals surface area (Å²) < 4.78 is 5.27. The van der Waals surface area contributed by atoms with Gasteiger partial charge in [-0.2, -0.15) is 0 Å². The highest BCUT2D eigenvalue weighted by atomic mass is 16.5. The van der Waals surface area contributed by atoms with Crippen molar-refractivity contribution < 1.29 is 14.3 Å². The first kappa shape index (κ1) is 14.3. The molecule has 0 radical (unpaired) electrons. The Morgan fingerprint density at radius 3 is 3.00 bits per heavy atom. The number of carbonyl (C=O) groups excluding carboxylic acids is 2. The quantitative estimate of drug-likeness (QED) is 0.809. The number of hydrogen-bond donors (Lipinski definition) is 2. The molecule has 0 spiro atoms. The van der Waals surface area contributed by atoms with E-state index >= 15 is 0 Å². The zero-order valence-electron chi connectivity index (χ0n) is 11.7. The Labute approximate surface area is 118 Å². The number of carbonyl (C=O) groups is 2. The monoisotopic (exact) mass is 277 g/mol. The SMILES string of the molecule is CN(C)CCNC(=O)Cc1ccc2c(c1)NC(=O)CO2. The number of anilines is 1. The summed E-state index contributed by atoms with van der Waals surface area (Å²) in [6.45, 7) is 1.47. The van der Waals surface area contributed by atoms with Gasteiger partial charge >= 0.3 is 0 Å². The van der Waals surface area contributed by atoms with E-state index in [1.807, 2.05) is 25.1 Å². The highest BCUT2D eigenvalue weighted by Gasteiger charge is 2.16. The number of nitrogens with one attached hydrogen (secondary N) is 2. The minimum absolute atomic E-state index is 0.0325. The summed E-state index contributed by atoms with van der Waals surface area (Å²) in [6.07, 6.45) is 0.288. The van der Waals surface area contributed by atoms with Crippen molar-refractivity contribution >= 4 is 17.5 Å². The van der Waals surface area contributed by atoms with Crippen LogP contribution in [0, 0.1) is 0 Å². The maximum absolute atomic E-state index is 11.8. The highest BCUT2D eigenvalue weighted by Crippen LogP contribution is 2.28. The number of hydrogen-bond acceptors (Lipinski definition) is 4. The van der Waals surface area contributed by atoms with E-state index in [2.05, 4.69) is 10.6 Å². The number of nitrogens with zero attached hydrogens (tertiary/aromatic N) is 1. The smallest absolute Gasteiger partial charge is 0.262 e. The molecule has 1 heterocycles. The van der Waals surface area contributed by atoms with Gasteiger partial charge in [-0.3, -0.25) is 9.59 Å². The largest absolute Gasteiger partial charge is 0.482 e.